The van der Waals surface area contributed by atoms with Gasteiger partial charge < -0.3 is 24.7 Å². The summed E-state index contributed by atoms with van der Waals surface area (Å²) in [5.41, 5.74) is 1.14. The van der Waals surface area contributed by atoms with Crippen LogP contribution in [-0.2, 0) is 15.7 Å². The van der Waals surface area contributed by atoms with Crippen molar-refractivity contribution in [3.8, 4) is 17.6 Å². The molecule has 0 amide bonds. The second kappa shape index (κ2) is 14.3. The third kappa shape index (κ3) is 8.91. The molecule has 1 aliphatic carbocycles. The van der Waals surface area contributed by atoms with Crippen LogP contribution in [0.5, 0.6) is 5.75 Å². The van der Waals surface area contributed by atoms with Crippen molar-refractivity contribution in [2.45, 2.75) is 57.0 Å². The predicted octanol–water partition coefficient (Wildman–Crippen LogP) is 7.37. The zero-order valence-electron chi connectivity index (χ0n) is 25.2. The van der Waals surface area contributed by atoms with Crippen LogP contribution in [0.1, 0.15) is 36.1 Å². The Morgan fingerprint density at radius 1 is 1.09 bits per heavy atom. The van der Waals surface area contributed by atoms with Gasteiger partial charge in [0.25, 0.3) is 0 Å². The molecule has 2 aliphatic rings. The highest BCUT2D eigenvalue weighted by atomic mass is 32.1. The molecule has 45 heavy (non-hydrogen) atoms. The predicted molar refractivity (Wildman–Crippen MR) is 171 cm³/mol. The van der Waals surface area contributed by atoms with Gasteiger partial charge in [-0.2, -0.15) is 22.0 Å². The van der Waals surface area contributed by atoms with Crippen LogP contribution < -0.4 is 20.7 Å². The fourth-order valence-corrected chi connectivity index (χ4v) is 7.99. The number of thiophene rings is 1. The van der Waals surface area contributed by atoms with Gasteiger partial charge in [0.05, 0.1) is 47.1 Å². The quantitative estimate of drug-likeness (QED) is 0.141. The van der Waals surface area contributed by atoms with Gasteiger partial charge in [-0.3, -0.25) is 4.90 Å². The third-order valence-corrected chi connectivity index (χ3v) is 10.9. The smallest absolute Gasteiger partial charge is 0.393 e. The van der Waals surface area contributed by atoms with E-state index >= 15 is 0 Å². The van der Waals surface area contributed by atoms with E-state index in [1.54, 1.807) is 18.2 Å². The van der Waals surface area contributed by atoms with Gasteiger partial charge in [0.15, 0.2) is 0 Å². The monoisotopic (exact) mass is 669 g/mol. The molecule has 1 aromatic heterocycles. The van der Waals surface area contributed by atoms with Crippen LogP contribution in [0.15, 0.2) is 36.4 Å². The van der Waals surface area contributed by atoms with Crippen molar-refractivity contribution in [2.24, 2.45) is 0 Å². The van der Waals surface area contributed by atoms with Crippen LogP contribution in [0, 0.1) is 11.8 Å². The average Bonchev–Trinajstić information content (AvgIpc) is 3.32. The number of rotatable bonds is 9. The first-order valence-corrected chi connectivity index (χ1v) is 18.4. The minimum absolute atomic E-state index is 0.0357. The standard InChI is InChI=1S/C32H37F5N3O3PS/c1-44(2,41)23-12-13-26(28(19-23)43-31(33)34)38-14-4-7-29-25(20-32(35,36)37)24-5-3-6-27(30(24)45-29)39-21-8-10-22(11-9-21)40-15-17-42-18-16-40/h3,5-6,12-13,19,21-22,31,38-39H,8-11,14-18,20H2,1-2H3. The van der Waals surface area contributed by atoms with Gasteiger partial charge in [0.2, 0.25) is 0 Å². The summed E-state index contributed by atoms with van der Waals surface area (Å²) < 4.78 is 90.4. The summed E-state index contributed by atoms with van der Waals surface area (Å²) in [6.45, 7) is 3.36. The van der Waals surface area contributed by atoms with Crippen molar-refractivity contribution in [1.82, 2.24) is 4.90 Å². The fraction of sp³-hybridized carbons (Fsp3) is 0.500. The molecule has 1 saturated carbocycles. The average molecular weight is 670 g/mol. The number of benzene rings is 2. The molecule has 2 fully saturated rings. The third-order valence-electron chi connectivity index (χ3n) is 8.19. The molecule has 244 valence electrons. The van der Waals surface area contributed by atoms with Gasteiger partial charge in [0.1, 0.15) is 12.9 Å². The van der Waals surface area contributed by atoms with E-state index in [1.165, 1.54) is 36.8 Å². The SMILES string of the molecule is CP(C)(=O)c1ccc(NCC#Cc2sc3c(NC4CCC(N5CCOCC5)CC4)cccc3c2CC(F)(F)F)c(OC(F)F)c1. The van der Waals surface area contributed by atoms with Crippen molar-refractivity contribution in [3.05, 3.63) is 46.8 Å². The summed E-state index contributed by atoms with van der Waals surface area (Å²) in [5, 5.41) is 7.41. The number of fused-ring (bicyclic) bond motifs is 1. The molecule has 0 bridgehead atoms. The van der Waals surface area contributed by atoms with Gasteiger partial charge in [-0.15, -0.1) is 11.3 Å². The van der Waals surface area contributed by atoms with E-state index in [4.69, 9.17) is 4.74 Å². The van der Waals surface area contributed by atoms with E-state index in [1.807, 2.05) is 6.07 Å². The number of alkyl halides is 5. The van der Waals surface area contributed by atoms with Crippen LogP contribution in [0.4, 0.5) is 33.3 Å². The Balaban J connectivity index is 1.33. The van der Waals surface area contributed by atoms with Crippen molar-refractivity contribution >= 4 is 45.2 Å². The van der Waals surface area contributed by atoms with E-state index in [0.717, 1.165) is 62.4 Å². The Labute approximate surface area is 264 Å². The van der Waals surface area contributed by atoms with Crippen LogP contribution in [0.2, 0.25) is 0 Å². The van der Waals surface area contributed by atoms with Gasteiger partial charge in [-0.25, -0.2) is 0 Å². The Morgan fingerprint density at radius 3 is 2.49 bits per heavy atom. The summed E-state index contributed by atoms with van der Waals surface area (Å²) in [6, 6.07) is 10.5. The van der Waals surface area contributed by atoms with E-state index in [9.17, 15) is 26.5 Å². The van der Waals surface area contributed by atoms with Gasteiger partial charge in [-0.05, 0) is 74.2 Å². The van der Waals surface area contributed by atoms with Crippen molar-refractivity contribution in [1.29, 1.82) is 0 Å². The molecule has 6 nitrogen and oxygen atoms in total. The Morgan fingerprint density at radius 2 is 1.82 bits per heavy atom. The number of ether oxygens (including phenoxy) is 2. The number of nitrogens with one attached hydrogen (secondary N) is 2. The lowest BCUT2D eigenvalue weighted by Crippen LogP contribution is -2.46. The molecule has 13 heteroatoms. The van der Waals surface area contributed by atoms with Crippen LogP contribution in [-0.4, -0.2) is 75.9 Å². The van der Waals surface area contributed by atoms with Gasteiger partial charge >= 0.3 is 12.8 Å². The Kier molecular flexibility index (Phi) is 10.6. The fourth-order valence-electron chi connectivity index (χ4n) is 5.96. The number of nitrogens with zero attached hydrogens (tertiary/aromatic N) is 1. The highest BCUT2D eigenvalue weighted by Crippen LogP contribution is 2.40. The van der Waals surface area contributed by atoms with Crippen molar-refractivity contribution in [3.63, 3.8) is 0 Å². The van der Waals surface area contributed by atoms with Gasteiger partial charge in [-0.1, -0.05) is 24.0 Å². The first-order chi connectivity index (χ1) is 21.4. The minimum atomic E-state index is -4.43. The molecule has 3 aromatic rings. The molecule has 1 aliphatic heterocycles. The van der Waals surface area contributed by atoms with Crippen LogP contribution >= 0.6 is 18.5 Å². The first kappa shape index (κ1) is 33.5. The molecule has 0 spiro atoms. The Hall–Kier alpha value is -2.84. The lowest BCUT2D eigenvalue weighted by Gasteiger charge is -2.39. The zero-order chi connectivity index (χ0) is 32.2. The second-order valence-electron chi connectivity index (χ2n) is 11.7. The number of hydrogen-bond acceptors (Lipinski definition) is 7. The number of morpholine rings is 1. The Bertz CT molecular complexity index is 1580. The molecule has 1 saturated heterocycles. The molecular weight excluding hydrogens is 632 g/mol. The summed E-state index contributed by atoms with van der Waals surface area (Å²) in [5.74, 6) is 5.56. The highest BCUT2D eigenvalue weighted by molar-refractivity contribution is 7.70. The summed E-state index contributed by atoms with van der Waals surface area (Å²) >= 11 is 1.22. The summed E-state index contributed by atoms with van der Waals surface area (Å²) in [7, 11) is -2.73. The summed E-state index contributed by atoms with van der Waals surface area (Å²) in [4.78, 5) is 2.81. The molecular formula is C32H37F5N3O3PS. The van der Waals surface area contributed by atoms with Crippen molar-refractivity contribution in [2.75, 3.05) is 56.8 Å². The maximum atomic E-state index is 13.7. The lowest BCUT2D eigenvalue weighted by atomic mass is 9.89. The largest absolute Gasteiger partial charge is 0.433 e. The molecule has 0 atom stereocenters. The number of halogens is 5. The van der Waals surface area contributed by atoms with E-state index in [0.29, 0.717) is 21.6 Å². The zero-order valence-corrected chi connectivity index (χ0v) is 26.9. The molecule has 2 heterocycles. The molecule has 0 radical (unpaired) electrons. The maximum Gasteiger partial charge on any atom is 0.393 e. The molecule has 0 unspecified atom stereocenters. The topological polar surface area (TPSA) is 62.8 Å². The van der Waals surface area contributed by atoms with Crippen LogP contribution in [0.3, 0.4) is 0 Å². The second-order valence-corrected chi connectivity index (χ2v) is 16.0. The lowest BCUT2D eigenvalue weighted by molar-refractivity contribution is -0.126. The van der Waals surface area contributed by atoms with Gasteiger partial charge in [0, 0.05) is 30.5 Å². The molecule has 5 rings (SSSR count). The van der Waals surface area contributed by atoms with Crippen LogP contribution in [0.25, 0.3) is 10.1 Å². The highest BCUT2D eigenvalue weighted by Gasteiger charge is 2.32. The maximum absolute atomic E-state index is 13.7. The first-order valence-electron chi connectivity index (χ1n) is 14.9. The molecule has 2 N–H and O–H groups in total. The number of hydrogen-bond donors (Lipinski definition) is 2. The van der Waals surface area contributed by atoms with E-state index in [2.05, 4.69) is 32.1 Å². The normalized spacial score (nSPS) is 19.7. The van der Waals surface area contributed by atoms with E-state index < -0.39 is 26.4 Å². The van der Waals surface area contributed by atoms with Crippen molar-refractivity contribution < 1.29 is 36.0 Å². The summed E-state index contributed by atoms with van der Waals surface area (Å²) in [6.07, 6.45) is -1.46. The minimum Gasteiger partial charge on any atom is -0.433 e. The number of anilines is 2. The van der Waals surface area contributed by atoms with E-state index in [-0.39, 0.29) is 29.6 Å². The molecule has 2 aromatic carbocycles.